The lowest BCUT2D eigenvalue weighted by Crippen LogP contribution is -2.51. The number of Topliss-reactive ketones (excluding diaryl/α,β-unsaturated/α-hetero) is 1. The van der Waals surface area contributed by atoms with E-state index in [2.05, 4.69) is 33.6 Å². The highest BCUT2D eigenvalue weighted by atomic mass is 35.5. The Morgan fingerprint density at radius 2 is 2.08 bits per heavy atom. The number of aromatic nitrogens is 2. The third kappa shape index (κ3) is 3.47. The summed E-state index contributed by atoms with van der Waals surface area (Å²) in [5.74, 6) is 0.461. The third-order valence-corrected chi connectivity index (χ3v) is 6.04. The minimum absolute atomic E-state index is 0.0406. The Hall–Kier alpha value is -1.59. The Morgan fingerprint density at radius 3 is 2.69 bits per heavy atom. The molecule has 1 unspecified atom stereocenters. The highest BCUT2D eigenvalue weighted by Crippen LogP contribution is 2.33. The molecule has 142 valence electrons. The van der Waals surface area contributed by atoms with Crippen molar-refractivity contribution in [3.63, 3.8) is 0 Å². The molecule has 6 heteroatoms. The predicted molar refractivity (Wildman–Crippen MR) is 108 cm³/mol. The Bertz CT molecular complexity index is 813. The normalized spacial score (nSPS) is 19.3. The molecule has 2 aromatic rings. The summed E-state index contributed by atoms with van der Waals surface area (Å²) in [6.45, 7) is 14.4. The smallest absolute Gasteiger partial charge is 0.203 e. The first-order chi connectivity index (χ1) is 12.3. The van der Waals surface area contributed by atoms with E-state index in [1.54, 1.807) is 0 Å². The molecule has 0 saturated carbocycles. The number of anilines is 1. The molecular weight excluding hydrogens is 348 g/mol. The van der Waals surface area contributed by atoms with Gasteiger partial charge in [-0.3, -0.25) is 9.69 Å². The lowest BCUT2D eigenvalue weighted by atomic mass is 9.85. The Balaban J connectivity index is 1.94. The maximum Gasteiger partial charge on any atom is 0.203 e. The van der Waals surface area contributed by atoms with Crippen molar-refractivity contribution in [3.8, 4) is 0 Å². The summed E-state index contributed by atoms with van der Waals surface area (Å²) >= 11 is 6.59. The quantitative estimate of drug-likeness (QED) is 0.787. The van der Waals surface area contributed by atoms with Crippen LogP contribution < -0.4 is 4.90 Å². The maximum atomic E-state index is 12.7. The highest BCUT2D eigenvalue weighted by molar-refractivity contribution is 6.34. The number of likely N-dealkylation sites (N-methyl/N-ethyl adjacent to an activating group) is 1. The van der Waals surface area contributed by atoms with Crippen LogP contribution in [0, 0.1) is 5.41 Å². The molecule has 0 amide bonds. The first-order valence-corrected chi connectivity index (χ1v) is 9.87. The van der Waals surface area contributed by atoms with Crippen molar-refractivity contribution in [2.45, 2.75) is 47.1 Å². The molecule has 1 aromatic carbocycles. The Kier molecular flexibility index (Phi) is 5.31. The number of nitrogens with one attached hydrogen (secondary N) is 1. The van der Waals surface area contributed by atoms with Crippen molar-refractivity contribution in [1.29, 1.82) is 0 Å². The molecule has 1 fully saturated rings. The Morgan fingerprint density at radius 1 is 1.35 bits per heavy atom. The van der Waals surface area contributed by atoms with Gasteiger partial charge in [0, 0.05) is 31.1 Å². The van der Waals surface area contributed by atoms with Crippen LogP contribution in [0.15, 0.2) is 12.1 Å². The fourth-order valence-electron chi connectivity index (χ4n) is 3.51. The molecule has 26 heavy (non-hydrogen) atoms. The number of carbonyl (C=O) groups is 1. The van der Waals surface area contributed by atoms with Gasteiger partial charge in [0.1, 0.15) is 0 Å². The first-order valence-electron chi connectivity index (χ1n) is 9.50. The van der Waals surface area contributed by atoms with Crippen LogP contribution in [0.3, 0.4) is 0 Å². The second kappa shape index (κ2) is 7.20. The minimum atomic E-state index is -0.425. The van der Waals surface area contributed by atoms with Crippen molar-refractivity contribution in [2.75, 3.05) is 31.1 Å². The molecule has 1 aliphatic rings. The number of ketones is 1. The van der Waals surface area contributed by atoms with Crippen molar-refractivity contribution in [1.82, 2.24) is 14.9 Å². The molecular formula is C20H29ClN4O. The molecule has 0 spiro atoms. The molecule has 5 nitrogen and oxygen atoms in total. The second-order valence-electron chi connectivity index (χ2n) is 7.91. The number of carbonyl (C=O) groups excluding carboxylic acids is 1. The zero-order valence-corrected chi connectivity index (χ0v) is 17.2. The van der Waals surface area contributed by atoms with E-state index in [-0.39, 0.29) is 5.78 Å². The van der Waals surface area contributed by atoms with Gasteiger partial charge in [-0.25, -0.2) is 4.98 Å². The SMILES string of the molecule is CCN1CCN(c2cc3nc(C(=O)C(C)(C)CC)[nH]c3cc2Cl)C(C)C1. The van der Waals surface area contributed by atoms with E-state index < -0.39 is 5.41 Å². The third-order valence-electron chi connectivity index (χ3n) is 5.73. The van der Waals surface area contributed by atoms with Crippen molar-refractivity contribution < 1.29 is 4.79 Å². The zero-order valence-electron chi connectivity index (χ0n) is 16.4. The predicted octanol–water partition coefficient (Wildman–Crippen LogP) is 4.37. The molecule has 1 saturated heterocycles. The highest BCUT2D eigenvalue weighted by Gasteiger charge is 2.30. The van der Waals surface area contributed by atoms with E-state index >= 15 is 0 Å². The number of hydrogen-bond donors (Lipinski definition) is 1. The van der Waals surface area contributed by atoms with Gasteiger partial charge in [0.25, 0.3) is 0 Å². The minimum Gasteiger partial charge on any atom is -0.365 e. The average molecular weight is 377 g/mol. The molecule has 1 N–H and O–H groups in total. The van der Waals surface area contributed by atoms with E-state index in [1.807, 2.05) is 32.9 Å². The molecule has 1 atom stereocenters. The molecule has 1 aromatic heterocycles. The second-order valence-corrected chi connectivity index (χ2v) is 8.32. The summed E-state index contributed by atoms with van der Waals surface area (Å²) < 4.78 is 0. The van der Waals surface area contributed by atoms with Gasteiger partial charge in [-0.15, -0.1) is 0 Å². The largest absolute Gasteiger partial charge is 0.365 e. The average Bonchev–Trinajstić information content (AvgIpc) is 3.02. The molecule has 0 bridgehead atoms. The molecule has 0 aliphatic carbocycles. The van der Waals surface area contributed by atoms with Crippen LogP contribution in [0.1, 0.15) is 51.7 Å². The molecule has 1 aliphatic heterocycles. The van der Waals surface area contributed by atoms with Crippen molar-refractivity contribution >= 4 is 34.1 Å². The van der Waals surface area contributed by atoms with Crippen LogP contribution in [0.5, 0.6) is 0 Å². The van der Waals surface area contributed by atoms with E-state index in [9.17, 15) is 4.79 Å². The number of nitrogens with zero attached hydrogens (tertiary/aromatic N) is 3. The van der Waals surface area contributed by atoms with E-state index in [0.717, 1.165) is 49.3 Å². The standard InChI is InChI=1S/C20H29ClN4O/c1-6-20(4,5)18(26)19-22-15-10-14(21)17(11-16(15)23-19)25-9-8-24(7-2)12-13(25)3/h10-11,13H,6-9,12H2,1-5H3,(H,22,23). The van der Waals surface area contributed by atoms with Gasteiger partial charge in [-0.2, -0.15) is 0 Å². The van der Waals surface area contributed by atoms with Crippen LogP contribution in [0.4, 0.5) is 5.69 Å². The lowest BCUT2D eigenvalue weighted by Gasteiger charge is -2.41. The summed E-state index contributed by atoms with van der Waals surface area (Å²) in [4.78, 5) is 25.3. The van der Waals surface area contributed by atoms with Crippen LogP contribution >= 0.6 is 11.6 Å². The molecule has 2 heterocycles. The fourth-order valence-corrected chi connectivity index (χ4v) is 3.78. The molecule has 3 rings (SSSR count). The summed E-state index contributed by atoms with van der Waals surface area (Å²) in [5, 5.41) is 0.701. The lowest BCUT2D eigenvalue weighted by molar-refractivity contribution is 0.0823. The van der Waals surface area contributed by atoms with Gasteiger partial charge in [0.05, 0.1) is 21.7 Å². The summed E-state index contributed by atoms with van der Waals surface area (Å²) in [6.07, 6.45) is 0.772. The van der Waals surface area contributed by atoms with Gasteiger partial charge in [-0.1, -0.05) is 39.3 Å². The Labute approximate surface area is 160 Å². The van der Waals surface area contributed by atoms with Crippen LogP contribution in [-0.2, 0) is 0 Å². The van der Waals surface area contributed by atoms with Gasteiger partial charge in [0.15, 0.2) is 5.82 Å². The van der Waals surface area contributed by atoms with Crippen LogP contribution in [0.25, 0.3) is 11.0 Å². The fraction of sp³-hybridized carbons (Fsp3) is 0.600. The topological polar surface area (TPSA) is 52.2 Å². The van der Waals surface area contributed by atoms with E-state index in [4.69, 9.17) is 11.6 Å². The van der Waals surface area contributed by atoms with Gasteiger partial charge >= 0.3 is 0 Å². The number of halogens is 1. The number of benzene rings is 1. The zero-order chi connectivity index (χ0) is 19.1. The number of H-pyrrole nitrogens is 1. The summed E-state index contributed by atoms with van der Waals surface area (Å²) in [7, 11) is 0. The summed E-state index contributed by atoms with van der Waals surface area (Å²) in [5.41, 5.74) is 2.19. The number of imidazole rings is 1. The van der Waals surface area contributed by atoms with Crippen LogP contribution in [-0.4, -0.2) is 52.9 Å². The number of aromatic amines is 1. The first kappa shape index (κ1) is 19.2. The summed E-state index contributed by atoms with van der Waals surface area (Å²) in [6, 6.07) is 4.30. The van der Waals surface area contributed by atoms with Gasteiger partial charge in [0.2, 0.25) is 5.78 Å². The number of rotatable bonds is 5. The van der Waals surface area contributed by atoms with Crippen molar-refractivity contribution in [2.24, 2.45) is 5.41 Å². The van der Waals surface area contributed by atoms with Crippen molar-refractivity contribution in [3.05, 3.63) is 23.0 Å². The maximum absolute atomic E-state index is 12.7. The number of fused-ring (bicyclic) bond motifs is 1. The van der Waals surface area contributed by atoms with E-state index in [1.165, 1.54) is 0 Å². The monoisotopic (exact) mass is 376 g/mol. The number of hydrogen-bond acceptors (Lipinski definition) is 4. The number of piperazine rings is 1. The van der Waals surface area contributed by atoms with Crippen LogP contribution in [0.2, 0.25) is 5.02 Å². The van der Waals surface area contributed by atoms with Gasteiger partial charge in [-0.05, 0) is 32.0 Å². The molecule has 0 radical (unpaired) electrons. The van der Waals surface area contributed by atoms with E-state index in [0.29, 0.717) is 16.9 Å². The van der Waals surface area contributed by atoms with Gasteiger partial charge < -0.3 is 9.88 Å².